The number of halogens is 1. The highest BCUT2D eigenvalue weighted by atomic mass is 35.7. The van der Waals surface area contributed by atoms with Crippen molar-refractivity contribution in [1.29, 1.82) is 0 Å². The van der Waals surface area contributed by atoms with Crippen molar-refractivity contribution in [2.45, 2.75) is 12.8 Å². The van der Waals surface area contributed by atoms with Crippen LogP contribution in [0.25, 0.3) is 10.6 Å². The molecule has 21 heavy (non-hydrogen) atoms. The average molecular weight is 349 g/mol. The summed E-state index contributed by atoms with van der Waals surface area (Å²) in [6.07, 6.45) is 2.62. The molecule has 0 atom stereocenters. The Labute approximate surface area is 131 Å². The van der Waals surface area contributed by atoms with Crippen molar-refractivity contribution in [3.8, 4) is 10.6 Å². The lowest BCUT2D eigenvalue weighted by Gasteiger charge is -2.17. The van der Waals surface area contributed by atoms with Gasteiger partial charge in [-0.3, -0.25) is 0 Å². The largest absolute Gasteiger partial charge is 0.388 e. The first-order chi connectivity index (χ1) is 9.93. The van der Waals surface area contributed by atoms with Crippen molar-refractivity contribution >= 4 is 20.7 Å². The summed E-state index contributed by atoms with van der Waals surface area (Å²) in [6, 6.07) is 10.4. The quantitative estimate of drug-likeness (QED) is 0.424. The van der Waals surface area contributed by atoms with Crippen LogP contribution < -0.4 is 28.0 Å². The first kappa shape index (κ1) is 16.5. The first-order valence-corrected chi connectivity index (χ1v) is 9.54. The molecule has 1 aliphatic heterocycles. The van der Waals surface area contributed by atoms with Crippen LogP contribution >= 0.6 is 20.7 Å². The van der Waals surface area contributed by atoms with Crippen molar-refractivity contribution < 1.29 is 28.9 Å². The van der Waals surface area contributed by atoms with Crippen LogP contribution in [-0.2, 0) is 0 Å². The molecule has 1 saturated heterocycles. The highest BCUT2D eigenvalue weighted by Crippen LogP contribution is 2.21. The highest BCUT2D eigenvalue weighted by molar-refractivity contribution is 7.69. The third-order valence-electron chi connectivity index (χ3n) is 2.79. The molecule has 2 heterocycles. The molecule has 114 valence electrons. The van der Waals surface area contributed by atoms with E-state index >= 15 is 0 Å². The average Bonchev–Trinajstić information content (AvgIpc) is 3.09. The van der Waals surface area contributed by atoms with Gasteiger partial charge in [0.05, 0.1) is 13.1 Å². The summed E-state index contributed by atoms with van der Waals surface area (Å²) >= 11 is 0. The zero-order chi connectivity index (χ0) is 15.3. The molecular weight excluding hydrogens is 336 g/mol. The molecule has 0 amide bonds. The standard InChI is InChI=1S/C12H13N2S2.ClHO4/c1-2-6-10(7-3-1)11-13-12(16-15-11)14-8-4-5-9-14;2-1(3,4)5/h1-3,6-7H,4-5,8-9H2;(H,2,3,4,5)/q+1;/p-1. The fraction of sp³-hybridized carbons (Fsp3) is 0.333. The number of benzene rings is 1. The molecule has 1 fully saturated rings. The minimum Gasteiger partial charge on any atom is -0.248 e. The van der Waals surface area contributed by atoms with Crippen molar-refractivity contribution in [2.24, 2.45) is 0 Å². The van der Waals surface area contributed by atoms with E-state index in [2.05, 4.69) is 28.8 Å². The van der Waals surface area contributed by atoms with Gasteiger partial charge in [-0.05, 0) is 40.3 Å². The molecule has 9 heteroatoms. The van der Waals surface area contributed by atoms with Crippen LogP contribution in [0.4, 0.5) is 0 Å². The van der Waals surface area contributed by atoms with E-state index in [1.54, 1.807) is 20.7 Å². The maximum absolute atomic E-state index is 8.49. The Bertz CT molecular complexity index is 622. The van der Waals surface area contributed by atoms with Crippen LogP contribution in [0.5, 0.6) is 0 Å². The summed E-state index contributed by atoms with van der Waals surface area (Å²) in [5.74, 6) is 0. The highest BCUT2D eigenvalue weighted by Gasteiger charge is 2.16. The van der Waals surface area contributed by atoms with E-state index < -0.39 is 10.2 Å². The SMILES string of the molecule is [O-][Cl+3]([O-])([O-])[O-].c1ccc(-c2nc(=[N+]3CCCC3)ss2)cc1. The van der Waals surface area contributed by atoms with E-state index in [-0.39, 0.29) is 0 Å². The Morgan fingerprint density at radius 2 is 1.52 bits per heavy atom. The van der Waals surface area contributed by atoms with Gasteiger partial charge in [-0.1, -0.05) is 18.2 Å². The Balaban J connectivity index is 0.000000282. The molecule has 0 N–H and O–H groups in total. The predicted molar refractivity (Wildman–Crippen MR) is 69.7 cm³/mol. The molecule has 0 bridgehead atoms. The molecule has 0 unspecified atom stereocenters. The smallest absolute Gasteiger partial charge is 0.248 e. The van der Waals surface area contributed by atoms with Gasteiger partial charge < -0.3 is 0 Å². The molecule has 1 aromatic carbocycles. The van der Waals surface area contributed by atoms with Crippen molar-refractivity contribution in [1.82, 2.24) is 9.56 Å². The zero-order valence-electron chi connectivity index (χ0n) is 10.9. The maximum atomic E-state index is 8.49. The summed E-state index contributed by atoms with van der Waals surface area (Å²) in [7, 11) is -1.37. The van der Waals surface area contributed by atoms with E-state index in [1.807, 2.05) is 6.07 Å². The molecule has 1 aliphatic rings. The van der Waals surface area contributed by atoms with Crippen LogP contribution in [0, 0.1) is 10.2 Å². The molecule has 0 aliphatic carbocycles. The Kier molecular flexibility index (Phi) is 5.82. The molecule has 0 radical (unpaired) electrons. The minimum absolute atomic E-state index is 1.15. The van der Waals surface area contributed by atoms with Crippen LogP contribution in [0.3, 0.4) is 0 Å². The second-order valence-electron chi connectivity index (χ2n) is 4.30. The van der Waals surface area contributed by atoms with Gasteiger partial charge in [0.2, 0.25) is 5.01 Å². The third-order valence-corrected chi connectivity index (χ3v) is 5.03. The van der Waals surface area contributed by atoms with E-state index in [9.17, 15) is 0 Å². The minimum atomic E-state index is -4.94. The van der Waals surface area contributed by atoms with Gasteiger partial charge >= 0.3 is 4.80 Å². The molecule has 0 saturated carbocycles. The number of hydrogen-bond donors (Lipinski definition) is 0. The molecule has 0 spiro atoms. The normalized spacial score (nSPS) is 14.8. The second-order valence-corrected chi connectivity index (χ2v) is 7.15. The van der Waals surface area contributed by atoms with Gasteiger partial charge in [0.25, 0.3) is 0 Å². The first-order valence-electron chi connectivity index (χ1n) is 6.16. The van der Waals surface area contributed by atoms with Crippen LogP contribution in [-0.4, -0.2) is 18.1 Å². The van der Waals surface area contributed by atoms with Gasteiger partial charge in [0.1, 0.15) is 0 Å². The molecular formula is C12H13ClN2O4S2. The fourth-order valence-electron chi connectivity index (χ4n) is 1.93. The monoisotopic (exact) mass is 348 g/mol. The van der Waals surface area contributed by atoms with Gasteiger partial charge in [0.15, 0.2) is 0 Å². The fourth-order valence-corrected chi connectivity index (χ4v) is 4.20. The molecule has 3 rings (SSSR count). The van der Waals surface area contributed by atoms with Crippen molar-refractivity contribution in [2.75, 3.05) is 13.1 Å². The van der Waals surface area contributed by atoms with Gasteiger partial charge in [-0.25, -0.2) is 23.2 Å². The summed E-state index contributed by atoms with van der Waals surface area (Å²) in [5, 5.41) is 1.15. The lowest BCUT2D eigenvalue weighted by molar-refractivity contribution is -2.00. The number of hydrogen-bond acceptors (Lipinski definition) is 7. The van der Waals surface area contributed by atoms with Crippen LogP contribution in [0.1, 0.15) is 12.8 Å². The van der Waals surface area contributed by atoms with Crippen LogP contribution in [0.15, 0.2) is 30.3 Å². The van der Waals surface area contributed by atoms with Gasteiger partial charge in [0, 0.05) is 15.9 Å². The zero-order valence-corrected chi connectivity index (χ0v) is 13.3. The lowest BCUT2D eigenvalue weighted by atomic mass is 10.2. The van der Waals surface area contributed by atoms with E-state index in [0.29, 0.717) is 0 Å². The topological polar surface area (TPSA) is 108 Å². The van der Waals surface area contributed by atoms with Crippen molar-refractivity contribution in [3.05, 3.63) is 35.1 Å². The lowest BCUT2D eigenvalue weighted by Crippen LogP contribution is -2.68. The molecule has 1 aromatic heterocycles. The van der Waals surface area contributed by atoms with Crippen molar-refractivity contribution in [3.63, 3.8) is 0 Å². The second kappa shape index (κ2) is 7.41. The third kappa shape index (κ3) is 5.79. The maximum Gasteiger partial charge on any atom is 0.388 e. The number of nitrogens with zero attached hydrogens (tertiary/aromatic N) is 2. The summed E-state index contributed by atoms with van der Waals surface area (Å²) in [4.78, 5) is 5.92. The summed E-state index contributed by atoms with van der Waals surface area (Å²) in [6.45, 7) is 2.35. The molecule has 2 aromatic rings. The Morgan fingerprint density at radius 1 is 0.952 bits per heavy atom. The van der Waals surface area contributed by atoms with Crippen LogP contribution in [0.2, 0.25) is 0 Å². The number of rotatable bonds is 1. The predicted octanol–water partition coefficient (Wildman–Crippen LogP) is -2.32. The summed E-state index contributed by atoms with van der Waals surface area (Å²) in [5.41, 5.74) is 1.23. The Morgan fingerprint density at radius 3 is 2.10 bits per heavy atom. The van der Waals surface area contributed by atoms with E-state index in [4.69, 9.17) is 23.6 Å². The number of aromatic nitrogens is 1. The van der Waals surface area contributed by atoms with E-state index in [0.717, 1.165) is 5.01 Å². The Hall–Kier alpha value is -0.870. The van der Waals surface area contributed by atoms with E-state index in [1.165, 1.54) is 36.3 Å². The van der Waals surface area contributed by atoms with Gasteiger partial charge in [-0.2, -0.15) is 0 Å². The van der Waals surface area contributed by atoms with Gasteiger partial charge in [-0.15, -0.1) is 10.2 Å². The summed E-state index contributed by atoms with van der Waals surface area (Å²) < 4.78 is 36.4. The molecule has 6 nitrogen and oxygen atoms in total.